The molecule has 0 saturated carbocycles. The highest BCUT2D eigenvalue weighted by molar-refractivity contribution is 8.04. The summed E-state index contributed by atoms with van der Waals surface area (Å²) in [5, 5.41) is 1.61. The molecule has 3 nitrogen and oxygen atoms in total. The third-order valence-electron chi connectivity index (χ3n) is 3.17. The van der Waals surface area contributed by atoms with Crippen LogP contribution in [0.3, 0.4) is 0 Å². The summed E-state index contributed by atoms with van der Waals surface area (Å²) >= 11 is 1.45. The lowest BCUT2D eigenvalue weighted by atomic mass is 10.0. The molecular weight excluding hydrogens is 272 g/mol. The number of rotatable bonds is 7. The Morgan fingerprint density at radius 3 is 2.75 bits per heavy atom. The molecule has 1 aromatic rings. The summed E-state index contributed by atoms with van der Waals surface area (Å²) in [7, 11) is 0. The number of carbonyl (C=O) groups excluding carboxylic acids is 2. The number of hydrogen-bond donors (Lipinski definition) is 0. The van der Waals surface area contributed by atoms with E-state index in [-0.39, 0.29) is 23.2 Å². The molecule has 0 bridgehead atoms. The van der Waals surface area contributed by atoms with Crippen LogP contribution in [0.2, 0.25) is 0 Å². The van der Waals surface area contributed by atoms with Crippen LogP contribution in [0.15, 0.2) is 41.3 Å². The van der Waals surface area contributed by atoms with Gasteiger partial charge in [0.1, 0.15) is 0 Å². The van der Waals surface area contributed by atoms with Crippen molar-refractivity contribution in [1.29, 1.82) is 0 Å². The standard InChI is InChI=1S/C16H18O3S/c1-2-19-9-8-13-11-20-15(16(13)18)10-14(17)12-6-4-3-5-7-12/h3-7,11,15H,2,8-10H2,1H3. The third kappa shape index (κ3) is 3.81. The average molecular weight is 290 g/mol. The second kappa shape index (κ2) is 7.41. The number of ether oxygens (including phenoxy) is 1. The van der Waals surface area contributed by atoms with Gasteiger partial charge in [0.2, 0.25) is 0 Å². The summed E-state index contributed by atoms with van der Waals surface area (Å²) in [5.74, 6) is 0.106. The van der Waals surface area contributed by atoms with Gasteiger partial charge in [-0.05, 0) is 18.8 Å². The van der Waals surface area contributed by atoms with Crippen molar-refractivity contribution in [2.24, 2.45) is 0 Å². The summed E-state index contributed by atoms with van der Waals surface area (Å²) in [6.07, 6.45) is 0.901. The molecule has 0 aliphatic carbocycles. The Kier molecular flexibility index (Phi) is 5.56. The highest BCUT2D eigenvalue weighted by atomic mass is 32.2. The number of carbonyl (C=O) groups is 2. The lowest BCUT2D eigenvalue weighted by Gasteiger charge is -2.08. The molecule has 106 valence electrons. The molecule has 0 N–H and O–H groups in total. The molecule has 20 heavy (non-hydrogen) atoms. The molecule has 0 amide bonds. The second-order valence-electron chi connectivity index (χ2n) is 4.57. The number of thioether (sulfide) groups is 1. The Labute approximate surface area is 123 Å². The van der Waals surface area contributed by atoms with Crippen LogP contribution in [0, 0.1) is 0 Å². The molecule has 4 heteroatoms. The summed E-state index contributed by atoms with van der Waals surface area (Å²) in [4.78, 5) is 24.3. The highest BCUT2D eigenvalue weighted by Gasteiger charge is 2.29. The SMILES string of the molecule is CCOCCC1=CSC(CC(=O)c2ccccc2)C1=O. The minimum Gasteiger partial charge on any atom is -0.381 e. The van der Waals surface area contributed by atoms with E-state index in [9.17, 15) is 9.59 Å². The van der Waals surface area contributed by atoms with Gasteiger partial charge < -0.3 is 4.74 Å². The van der Waals surface area contributed by atoms with Gasteiger partial charge in [0.25, 0.3) is 0 Å². The van der Waals surface area contributed by atoms with Crippen LogP contribution in [-0.2, 0) is 9.53 Å². The van der Waals surface area contributed by atoms with E-state index in [1.54, 1.807) is 12.1 Å². The van der Waals surface area contributed by atoms with E-state index in [4.69, 9.17) is 4.74 Å². The van der Waals surface area contributed by atoms with Crippen LogP contribution in [0.1, 0.15) is 30.1 Å². The molecule has 1 aliphatic rings. The number of ketones is 2. The lowest BCUT2D eigenvalue weighted by Crippen LogP contribution is -2.19. The van der Waals surface area contributed by atoms with Gasteiger partial charge in [-0.25, -0.2) is 0 Å². The quantitative estimate of drug-likeness (QED) is 0.571. The van der Waals surface area contributed by atoms with Crippen molar-refractivity contribution in [1.82, 2.24) is 0 Å². The first-order valence-electron chi connectivity index (χ1n) is 6.77. The summed E-state index contributed by atoms with van der Waals surface area (Å²) in [5.41, 5.74) is 1.46. The average Bonchev–Trinajstić information content (AvgIpc) is 2.81. The van der Waals surface area contributed by atoms with Crippen LogP contribution in [0.4, 0.5) is 0 Å². The third-order valence-corrected chi connectivity index (χ3v) is 4.30. The molecule has 1 unspecified atom stereocenters. The van der Waals surface area contributed by atoms with Crippen LogP contribution < -0.4 is 0 Å². The minimum absolute atomic E-state index is 0.0240. The number of Topliss-reactive ketones (excluding diaryl/α,β-unsaturated/α-hetero) is 2. The van der Waals surface area contributed by atoms with Crippen LogP contribution in [-0.4, -0.2) is 30.0 Å². The van der Waals surface area contributed by atoms with Gasteiger partial charge in [-0.2, -0.15) is 0 Å². The highest BCUT2D eigenvalue weighted by Crippen LogP contribution is 2.31. The van der Waals surface area contributed by atoms with E-state index in [0.717, 1.165) is 5.57 Å². The van der Waals surface area contributed by atoms with Crippen molar-refractivity contribution < 1.29 is 14.3 Å². The van der Waals surface area contributed by atoms with E-state index in [1.165, 1.54) is 11.8 Å². The first-order valence-corrected chi connectivity index (χ1v) is 7.71. The van der Waals surface area contributed by atoms with Gasteiger partial charge >= 0.3 is 0 Å². The van der Waals surface area contributed by atoms with Gasteiger partial charge in [0, 0.05) is 24.2 Å². The van der Waals surface area contributed by atoms with Crippen LogP contribution >= 0.6 is 11.8 Å². The molecule has 1 aromatic carbocycles. The van der Waals surface area contributed by atoms with Gasteiger partial charge in [-0.1, -0.05) is 30.3 Å². The maximum absolute atomic E-state index is 12.2. The van der Waals surface area contributed by atoms with E-state index >= 15 is 0 Å². The predicted molar refractivity (Wildman–Crippen MR) is 81.0 cm³/mol. The van der Waals surface area contributed by atoms with Crippen molar-refractivity contribution in [3.8, 4) is 0 Å². The van der Waals surface area contributed by atoms with Crippen molar-refractivity contribution in [3.63, 3.8) is 0 Å². The normalized spacial score (nSPS) is 18.1. The second-order valence-corrected chi connectivity index (χ2v) is 5.65. The summed E-state index contributed by atoms with van der Waals surface area (Å²) in [6.45, 7) is 3.15. The molecule has 1 atom stereocenters. The van der Waals surface area contributed by atoms with E-state index < -0.39 is 0 Å². The Morgan fingerprint density at radius 1 is 1.30 bits per heavy atom. The Morgan fingerprint density at radius 2 is 2.05 bits per heavy atom. The smallest absolute Gasteiger partial charge is 0.173 e. The first kappa shape index (κ1) is 15.0. The van der Waals surface area contributed by atoms with Crippen molar-refractivity contribution in [2.75, 3.05) is 13.2 Å². The molecular formula is C16H18O3S. The van der Waals surface area contributed by atoms with Crippen molar-refractivity contribution in [3.05, 3.63) is 46.9 Å². The zero-order valence-corrected chi connectivity index (χ0v) is 12.3. The molecule has 0 fully saturated rings. The van der Waals surface area contributed by atoms with Gasteiger partial charge in [0.05, 0.1) is 11.9 Å². The molecule has 1 aliphatic heterocycles. The number of hydrogen-bond acceptors (Lipinski definition) is 4. The topological polar surface area (TPSA) is 43.4 Å². The fourth-order valence-corrected chi connectivity index (χ4v) is 3.14. The Hall–Kier alpha value is -1.39. The van der Waals surface area contributed by atoms with E-state index in [0.29, 0.717) is 25.2 Å². The minimum atomic E-state index is -0.265. The van der Waals surface area contributed by atoms with Crippen molar-refractivity contribution >= 4 is 23.3 Å². The van der Waals surface area contributed by atoms with Crippen LogP contribution in [0.25, 0.3) is 0 Å². The first-order chi connectivity index (χ1) is 9.72. The van der Waals surface area contributed by atoms with Gasteiger partial charge in [0.15, 0.2) is 11.6 Å². The maximum Gasteiger partial charge on any atom is 0.173 e. The van der Waals surface area contributed by atoms with Gasteiger partial charge in [-0.3, -0.25) is 9.59 Å². The molecule has 0 radical (unpaired) electrons. The summed E-state index contributed by atoms with van der Waals surface area (Å²) < 4.78 is 5.26. The molecule has 0 saturated heterocycles. The molecule has 1 heterocycles. The fourth-order valence-electron chi connectivity index (χ4n) is 2.05. The monoisotopic (exact) mass is 290 g/mol. The number of benzene rings is 1. The van der Waals surface area contributed by atoms with E-state index in [1.807, 2.05) is 30.5 Å². The molecule has 0 aromatic heterocycles. The largest absolute Gasteiger partial charge is 0.381 e. The Bertz CT molecular complexity index is 508. The van der Waals surface area contributed by atoms with Crippen LogP contribution in [0.5, 0.6) is 0 Å². The molecule has 0 spiro atoms. The fraction of sp³-hybridized carbons (Fsp3) is 0.375. The van der Waals surface area contributed by atoms with Gasteiger partial charge in [-0.15, -0.1) is 11.8 Å². The van der Waals surface area contributed by atoms with Crippen molar-refractivity contribution in [2.45, 2.75) is 25.0 Å². The zero-order chi connectivity index (χ0) is 14.4. The summed E-state index contributed by atoms with van der Waals surface area (Å²) in [6, 6.07) is 9.12. The zero-order valence-electron chi connectivity index (χ0n) is 11.5. The predicted octanol–water partition coefficient (Wildman–Crippen LogP) is 3.25. The lowest BCUT2D eigenvalue weighted by molar-refractivity contribution is -0.115. The molecule has 2 rings (SSSR count). The van der Waals surface area contributed by atoms with E-state index in [2.05, 4.69) is 0 Å². The maximum atomic E-state index is 12.2. The Balaban J connectivity index is 1.87.